The number of nitrogens with one attached hydrogen (secondary N) is 2. The van der Waals surface area contributed by atoms with Crippen LogP contribution in [0, 0.1) is 6.92 Å². The molecule has 3 aromatic rings. The Labute approximate surface area is 155 Å². The highest BCUT2D eigenvalue weighted by molar-refractivity contribution is 6.33. The smallest absolute Gasteiger partial charge is 0.258 e. The Hall–Kier alpha value is -2.63. The Bertz CT molecular complexity index is 913. The van der Waals surface area contributed by atoms with Gasteiger partial charge in [0.15, 0.2) is 0 Å². The lowest BCUT2D eigenvalue weighted by Gasteiger charge is -2.09. The second-order valence-corrected chi connectivity index (χ2v) is 6.16. The van der Waals surface area contributed by atoms with E-state index < -0.39 is 0 Å². The van der Waals surface area contributed by atoms with Crippen LogP contribution in [0.1, 0.15) is 15.9 Å². The molecule has 1 aromatic heterocycles. The molecule has 2 N–H and O–H groups in total. The second kappa shape index (κ2) is 7.51. The number of rotatable bonds is 4. The van der Waals surface area contributed by atoms with Crippen molar-refractivity contribution in [1.29, 1.82) is 0 Å². The van der Waals surface area contributed by atoms with Crippen molar-refractivity contribution in [2.45, 2.75) is 6.92 Å². The molecule has 5 nitrogen and oxygen atoms in total. The standard InChI is InChI=1S/C18H14Cl2N4O/c1-11-6-7-13(19)8-16(11)23-17(25)12-9-21-18(22-10-12)24-15-5-3-2-4-14(15)20/h2-10H,1H3,(H,23,25)(H,21,22,24). The topological polar surface area (TPSA) is 66.9 Å². The number of halogens is 2. The molecule has 0 aliphatic carbocycles. The molecule has 0 atom stereocenters. The van der Waals surface area contributed by atoms with Crippen LogP contribution >= 0.6 is 23.2 Å². The number of amides is 1. The molecule has 0 bridgehead atoms. The maximum Gasteiger partial charge on any atom is 0.258 e. The monoisotopic (exact) mass is 372 g/mol. The number of para-hydroxylation sites is 1. The van der Waals surface area contributed by atoms with Crippen LogP contribution in [0.2, 0.25) is 10.0 Å². The molecule has 0 saturated heterocycles. The van der Waals surface area contributed by atoms with Crippen molar-refractivity contribution in [3.63, 3.8) is 0 Å². The summed E-state index contributed by atoms with van der Waals surface area (Å²) in [6.07, 6.45) is 2.89. The zero-order valence-corrected chi connectivity index (χ0v) is 14.8. The van der Waals surface area contributed by atoms with Crippen LogP contribution in [0.25, 0.3) is 0 Å². The van der Waals surface area contributed by atoms with Gasteiger partial charge in [0, 0.05) is 23.1 Å². The first kappa shape index (κ1) is 17.2. The molecule has 0 spiro atoms. The Kier molecular flexibility index (Phi) is 5.16. The van der Waals surface area contributed by atoms with E-state index in [9.17, 15) is 4.79 Å². The molecule has 0 saturated carbocycles. The third kappa shape index (κ3) is 4.26. The van der Waals surface area contributed by atoms with Crippen molar-refractivity contribution in [2.24, 2.45) is 0 Å². The number of hydrogen-bond donors (Lipinski definition) is 2. The molecule has 126 valence electrons. The molecule has 25 heavy (non-hydrogen) atoms. The number of carbonyl (C=O) groups excluding carboxylic acids is 1. The van der Waals surface area contributed by atoms with Crippen LogP contribution in [0.4, 0.5) is 17.3 Å². The molecule has 3 rings (SSSR count). The van der Waals surface area contributed by atoms with Gasteiger partial charge in [0.2, 0.25) is 5.95 Å². The summed E-state index contributed by atoms with van der Waals surface area (Å²) in [4.78, 5) is 20.6. The maximum absolute atomic E-state index is 12.3. The number of carbonyl (C=O) groups is 1. The Morgan fingerprint density at radius 3 is 2.44 bits per heavy atom. The number of benzene rings is 2. The summed E-state index contributed by atoms with van der Waals surface area (Å²) in [6.45, 7) is 1.89. The molecule has 0 fully saturated rings. The first-order chi connectivity index (χ1) is 12.0. The summed E-state index contributed by atoms with van der Waals surface area (Å²) in [5.74, 6) is 0.0400. The van der Waals surface area contributed by atoms with E-state index in [0.29, 0.717) is 32.9 Å². The van der Waals surface area contributed by atoms with E-state index in [-0.39, 0.29) is 5.91 Å². The quantitative estimate of drug-likeness (QED) is 0.669. The highest BCUT2D eigenvalue weighted by Crippen LogP contribution is 2.23. The van der Waals surface area contributed by atoms with Crippen LogP contribution in [-0.4, -0.2) is 15.9 Å². The van der Waals surface area contributed by atoms with Crippen molar-refractivity contribution in [1.82, 2.24) is 9.97 Å². The Morgan fingerprint density at radius 2 is 1.72 bits per heavy atom. The highest BCUT2D eigenvalue weighted by atomic mass is 35.5. The van der Waals surface area contributed by atoms with Gasteiger partial charge in [-0.3, -0.25) is 4.79 Å². The lowest BCUT2D eigenvalue weighted by Crippen LogP contribution is -2.14. The van der Waals surface area contributed by atoms with Gasteiger partial charge in [-0.1, -0.05) is 41.4 Å². The van der Waals surface area contributed by atoms with Crippen LogP contribution in [0.3, 0.4) is 0 Å². The first-order valence-electron chi connectivity index (χ1n) is 7.44. The molecule has 0 radical (unpaired) electrons. The van der Waals surface area contributed by atoms with Gasteiger partial charge >= 0.3 is 0 Å². The SMILES string of the molecule is Cc1ccc(Cl)cc1NC(=O)c1cnc(Nc2ccccc2Cl)nc1. The summed E-state index contributed by atoms with van der Waals surface area (Å²) in [7, 11) is 0. The van der Waals surface area contributed by atoms with Crippen molar-refractivity contribution < 1.29 is 4.79 Å². The van der Waals surface area contributed by atoms with E-state index in [0.717, 1.165) is 5.56 Å². The second-order valence-electron chi connectivity index (χ2n) is 5.31. The lowest BCUT2D eigenvalue weighted by atomic mass is 10.2. The van der Waals surface area contributed by atoms with E-state index in [4.69, 9.17) is 23.2 Å². The molecule has 7 heteroatoms. The molecule has 0 aliphatic rings. The third-order valence-corrected chi connectivity index (χ3v) is 4.05. The summed E-state index contributed by atoms with van der Waals surface area (Å²) in [5.41, 5.74) is 2.59. The fourth-order valence-electron chi connectivity index (χ4n) is 2.12. The Balaban J connectivity index is 1.72. The fraction of sp³-hybridized carbons (Fsp3) is 0.0556. The van der Waals surface area contributed by atoms with E-state index in [1.165, 1.54) is 12.4 Å². The molecular weight excluding hydrogens is 359 g/mol. The van der Waals surface area contributed by atoms with Crippen LogP contribution in [0.5, 0.6) is 0 Å². The number of nitrogens with zero attached hydrogens (tertiary/aromatic N) is 2. The lowest BCUT2D eigenvalue weighted by molar-refractivity contribution is 0.102. The first-order valence-corrected chi connectivity index (χ1v) is 8.19. The normalized spacial score (nSPS) is 10.4. The van der Waals surface area contributed by atoms with Crippen LogP contribution < -0.4 is 10.6 Å². The highest BCUT2D eigenvalue weighted by Gasteiger charge is 2.10. The van der Waals surface area contributed by atoms with Gasteiger partial charge in [-0.15, -0.1) is 0 Å². The van der Waals surface area contributed by atoms with Crippen molar-refractivity contribution in [3.05, 3.63) is 76.0 Å². The van der Waals surface area contributed by atoms with Gasteiger partial charge in [0.05, 0.1) is 16.3 Å². The zero-order valence-electron chi connectivity index (χ0n) is 13.3. The van der Waals surface area contributed by atoms with Gasteiger partial charge in [-0.25, -0.2) is 9.97 Å². The molecule has 2 aromatic carbocycles. The van der Waals surface area contributed by atoms with Gasteiger partial charge in [0.25, 0.3) is 5.91 Å². The van der Waals surface area contributed by atoms with E-state index in [1.54, 1.807) is 18.2 Å². The largest absolute Gasteiger partial charge is 0.323 e. The maximum atomic E-state index is 12.3. The van der Waals surface area contributed by atoms with Crippen molar-refractivity contribution in [2.75, 3.05) is 10.6 Å². The van der Waals surface area contributed by atoms with Crippen molar-refractivity contribution in [3.8, 4) is 0 Å². The molecule has 1 amide bonds. The number of anilines is 3. The Morgan fingerprint density at radius 1 is 1.00 bits per heavy atom. The van der Waals surface area contributed by atoms with Gasteiger partial charge in [-0.2, -0.15) is 0 Å². The van der Waals surface area contributed by atoms with E-state index >= 15 is 0 Å². The minimum Gasteiger partial charge on any atom is -0.323 e. The van der Waals surface area contributed by atoms with Gasteiger partial charge in [0.1, 0.15) is 0 Å². The predicted octanol–water partition coefficient (Wildman–Crippen LogP) is 5.09. The van der Waals surface area contributed by atoms with E-state index in [2.05, 4.69) is 20.6 Å². The van der Waals surface area contributed by atoms with Crippen molar-refractivity contribution >= 4 is 46.4 Å². The van der Waals surface area contributed by atoms with Crippen LogP contribution in [-0.2, 0) is 0 Å². The third-order valence-electron chi connectivity index (χ3n) is 3.48. The number of aryl methyl sites for hydroxylation is 1. The minimum atomic E-state index is -0.310. The van der Waals surface area contributed by atoms with Gasteiger partial charge < -0.3 is 10.6 Å². The summed E-state index contributed by atoms with van der Waals surface area (Å²) < 4.78 is 0. The summed E-state index contributed by atoms with van der Waals surface area (Å²) in [6, 6.07) is 12.6. The number of hydrogen-bond acceptors (Lipinski definition) is 4. The van der Waals surface area contributed by atoms with Gasteiger partial charge in [-0.05, 0) is 36.8 Å². The average Bonchev–Trinajstić information content (AvgIpc) is 2.61. The molecule has 0 unspecified atom stereocenters. The predicted molar refractivity (Wildman–Crippen MR) is 101 cm³/mol. The molecular formula is C18H14Cl2N4O. The molecule has 0 aliphatic heterocycles. The summed E-state index contributed by atoms with van der Waals surface area (Å²) >= 11 is 12.0. The summed E-state index contributed by atoms with van der Waals surface area (Å²) in [5, 5.41) is 6.91. The number of aromatic nitrogens is 2. The van der Waals surface area contributed by atoms with Crippen LogP contribution in [0.15, 0.2) is 54.9 Å². The van der Waals surface area contributed by atoms with E-state index in [1.807, 2.05) is 31.2 Å². The average molecular weight is 373 g/mol. The zero-order chi connectivity index (χ0) is 17.8. The minimum absolute atomic E-state index is 0.310. The molecule has 1 heterocycles. The fourth-order valence-corrected chi connectivity index (χ4v) is 2.47.